The number of carbonyl (C=O) groups excluding carboxylic acids is 1. The summed E-state index contributed by atoms with van der Waals surface area (Å²) in [6.07, 6.45) is 3.56. The van der Waals surface area contributed by atoms with E-state index in [1.54, 1.807) is 0 Å². The second-order valence-electron chi connectivity index (χ2n) is 5.46. The molecule has 0 unspecified atom stereocenters. The highest BCUT2D eigenvalue weighted by molar-refractivity contribution is 7.17. The molecule has 1 aromatic rings. The number of aldehydes is 1. The highest BCUT2D eigenvalue weighted by Crippen LogP contribution is 2.30. The van der Waals surface area contributed by atoms with Gasteiger partial charge in [0.05, 0.1) is 17.2 Å². The maximum atomic E-state index is 11.0. The van der Waals surface area contributed by atoms with Gasteiger partial charge in [-0.05, 0) is 24.7 Å². The van der Waals surface area contributed by atoms with E-state index in [-0.39, 0.29) is 5.92 Å². The first-order valence-electron chi connectivity index (χ1n) is 6.86. The summed E-state index contributed by atoms with van der Waals surface area (Å²) in [5.41, 5.74) is 0.903. The Hall–Kier alpha value is -0.940. The van der Waals surface area contributed by atoms with Crippen LogP contribution in [0.25, 0.3) is 0 Å². The number of ether oxygens (including phenoxy) is 1. The van der Waals surface area contributed by atoms with E-state index in [1.165, 1.54) is 24.2 Å². The van der Waals surface area contributed by atoms with Crippen molar-refractivity contribution >= 4 is 22.8 Å². The van der Waals surface area contributed by atoms with Gasteiger partial charge in [0.15, 0.2) is 11.4 Å². The molecule has 0 aliphatic heterocycles. The fourth-order valence-electron chi connectivity index (χ4n) is 1.82. The number of likely N-dealkylation sites (N-methyl/N-ethyl adjacent to an activating group) is 1. The highest BCUT2D eigenvalue weighted by atomic mass is 32.1. The van der Waals surface area contributed by atoms with Crippen molar-refractivity contribution in [2.24, 2.45) is 5.92 Å². The summed E-state index contributed by atoms with van der Waals surface area (Å²) in [6.45, 7) is 6.55. The molecule has 0 atom stereocenters. The van der Waals surface area contributed by atoms with E-state index in [0.29, 0.717) is 0 Å². The number of anilines is 1. The molecule has 106 valence electrons. The third kappa shape index (κ3) is 4.01. The van der Waals surface area contributed by atoms with E-state index in [2.05, 4.69) is 23.7 Å². The molecule has 1 aromatic heterocycles. The summed E-state index contributed by atoms with van der Waals surface area (Å²) in [4.78, 5) is 18.4. The molecule has 0 amide bonds. The molecule has 1 heterocycles. The number of thiazole rings is 1. The fourth-order valence-corrected chi connectivity index (χ4v) is 2.85. The number of nitrogens with zero attached hydrogens (tertiary/aromatic N) is 2. The van der Waals surface area contributed by atoms with Crippen LogP contribution in [0.4, 0.5) is 5.13 Å². The van der Waals surface area contributed by atoms with Crippen LogP contribution in [0, 0.1) is 5.92 Å². The van der Waals surface area contributed by atoms with Crippen LogP contribution in [0.3, 0.4) is 0 Å². The maximum Gasteiger partial charge on any atom is 0.186 e. The summed E-state index contributed by atoms with van der Waals surface area (Å²) in [5.74, 6) is 1.09. The predicted molar refractivity (Wildman–Crippen MR) is 78.4 cm³/mol. The molecule has 4 nitrogen and oxygen atoms in total. The normalized spacial score (nSPS) is 14.9. The Morgan fingerprint density at radius 3 is 2.79 bits per heavy atom. The second-order valence-corrected chi connectivity index (χ2v) is 6.47. The van der Waals surface area contributed by atoms with Gasteiger partial charge in [-0.25, -0.2) is 4.98 Å². The molecule has 0 bridgehead atoms. The van der Waals surface area contributed by atoms with Crippen molar-refractivity contribution < 1.29 is 9.53 Å². The smallest absolute Gasteiger partial charge is 0.186 e. The van der Waals surface area contributed by atoms with Gasteiger partial charge in [0.1, 0.15) is 0 Å². The zero-order chi connectivity index (χ0) is 13.8. The molecule has 0 spiro atoms. The summed E-state index contributed by atoms with van der Waals surface area (Å²) < 4.78 is 5.63. The van der Waals surface area contributed by atoms with Crippen LogP contribution in [-0.4, -0.2) is 38.1 Å². The molecule has 1 saturated carbocycles. The zero-order valence-electron chi connectivity index (χ0n) is 11.9. The van der Waals surface area contributed by atoms with E-state index >= 15 is 0 Å². The highest BCUT2D eigenvalue weighted by Gasteiger charge is 2.21. The first kappa shape index (κ1) is 14.5. The van der Waals surface area contributed by atoms with E-state index in [1.807, 2.05) is 7.05 Å². The van der Waals surface area contributed by atoms with Crippen molar-refractivity contribution in [1.29, 1.82) is 0 Å². The van der Waals surface area contributed by atoms with Crippen LogP contribution in [0.1, 0.15) is 48.0 Å². The van der Waals surface area contributed by atoms with Crippen LogP contribution in [0.15, 0.2) is 0 Å². The van der Waals surface area contributed by atoms with Gasteiger partial charge in [0.25, 0.3) is 0 Å². The largest absolute Gasteiger partial charge is 0.379 e. The molecular formula is C14H22N2O2S. The van der Waals surface area contributed by atoms with Crippen molar-refractivity contribution in [2.75, 3.05) is 31.7 Å². The minimum atomic E-state index is 0.282. The van der Waals surface area contributed by atoms with Crippen molar-refractivity contribution in [1.82, 2.24) is 4.98 Å². The van der Waals surface area contributed by atoms with E-state index in [4.69, 9.17) is 4.74 Å². The summed E-state index contributed by atoms with van der Waals surface area (Å²) >= 11 is 1.46. The maximum absolute atomic E-state index is 11.0. The summed E-state index contributed by atoms with van der Waals surface area (Å²) in [6, 6.07) is 0. The topological polar surface area (TPSA) is 42.4 Å². The molecule has 0 aromatic carbocycles. The van der Waals surface area contributed by atoms with E-state index in [0.717, 1.165) is 47.7 Å². The van der Waals surface area contributed by atoms with Crippen LogP contribution < -0.4 is 4.90 Å². The van der Waals surface area contributed by atoms with Crippen LogP contribution in [-0.2, 0) is 4.74 Å². The Morgan fingerprint density at radius 2 is 2.26 bits per heavy atom. The first-order valence-corrected chi connectivity index (χ1v) is 7.68. The Morgan fingerprint density at radius 1 is 1.53 bits per heavy atom. The lowest BCUT2D eigenvalue weighted by atomic mass is 10.1. The van der Waals surface area contributed by atoms with Gasteiger partial charge in [-0.3, -0.25) is 4.79 Å². The molecule has 19 heavy (non-hydrogen) atoms. The number of rotatable bonds is 8. The number of carbonyl (C=O) groups is 1. The van der Waals surface area contributed by atoms with Crippen molar-refractivity contribution in [3.05, 3.63) is 10.6 Å². The lowest BCUT2D eigenvalue weighted by Gasteiger charge is -2.15. The Bertz CT molecular complexity index is 427. The lowest BCUT2D eigenvalue weighted by molar-refractivity contribution is 0.112. The van der Waals surface area contributed by atoms with Crippen LogP contribution in [0.5, 0.6) is 0 Å². The summed E-state index contributed by atoms with van der Waals surface area (Å²) in [5, 5.41) is 0.904. The number of aromatic nitrogens is 1. The van der Waals surface area contributed by atoms with Gasteiger partial charge in [-0.2, -0.15) is 0 Å². The van der Waals surface area contributed by atoms with Gasteiger partial charge in [0.2, 0.25) is 0 Å². The summed E-state index contributed by atoms with van der Waals surface area (Å²) in [7, 11) is 2.00. The van der Waals surface area contributed by atoms with Crippen molar-refractivity contribution in [2.45, 2.75) is 32.6 Å². The minimum absolute atomic E-state index is 0.282. The Balaban J connectivity index is 1.86. The van der Waals surface area contributed by atoms with Gasteiger partial charge in [-0.1, -0.05) is 25.2 Å². The third-order valence-corrected chi connectivity index (χ3v) is 4.38. The number of hydrogen-bond acceptors (Lipinski definition) is 5. The zero-order valence-corrected chi connectivity index (χ0v) is 12.7. The molecular weight excluding hydrogens is 260 g/mol. The monoisotopic (exact) mass is 282 g/mol. The first-order chi connectivity index (χ1) is 9.11. The molecule has 1 aliphatic rings. The molecule has 2 rings (SSSR count). The van der Waals surface area contributed by atoms with Crippen LogP contribution in [0.2, 0.25) is 0 Å². The molecule has 0 N–H and O–H groups in total. The average Bonchev–Trinajstić information content (AvgIpc) is 3.10. The van der Waals surface area contributed by atoms with Gasteiger partial charge >= 0.3 is 0 Å². The number of hydrogen-bond donors (Lipinski definition) is 0. The predicted octanol–water partition coefficient (Wildman–Crippen LogP) is 2.94. The van der Waals surface area contributed by atoms with E-state index < -0.39 is 0 Å². The average molecular weight is 282 g/mol. The molecule has 5 heteroatoms. The van der Waals surface area contributed by atoms with Gasteiger partial charge < -0.3 is 9.64 Å². The van der Waals surface area contributed by atoms with Gasteiger partial charge in [-0.15, -0.1) is 0 Å². The molecule has 0 radical (unpaired) electrons. The lowest BCUT2D eigenvalue weighted by Crippen LogP contribution is -2.22. The Kier molecular flexibility index (Phi) is 4.93. The second kappa shape index (κ2) is 6.48. The quantitative estimate of drug-likeness (QED) is 0.543. The molecule has 1 aliphatic carbocycles. The molecule has 1 fully saturated rings. The standard InChI is InChI=1S/C14H22N2O2S/c1-10(2)13-12(8-17)19-14(15-13)16(3)6-7-18-9-11-4-5-11/h8,10-11H,4-7,9H2,1-3H3. The van der Waals surface area contributed by atoms with Crippen LogP contribution >= 0.6 is 11.3 Å². The third-order valence-electron chi connectivity index (χ3n) is 3.27. The van der Waals surface area contributed by atoms with Crippen molar-refractivity contribution in [3.8, 4) is 0 Å². The van der Waals surface area contributed by atoms with Gasteiger partial charge in [0, 0.05) is 20.2 Å². The molecule has 0 saturated heterocycles. The Labute approximate surface area is 118 Å². The minimum Gasteiger partial charge on any atom is -0.379 e. The van der Waals surface area contributed by atoms with Crippen molar-refractivity contribution in [3.63, 3.8) is 0 Å². The fraction of sp³-hybridized carbons (Fsp3) is 0.714. The van der Waals surface area contributed by atoms with E-state index in [9.17, 15) is 4.79 Å². The SMILES string of the molecule is CC(C)c1nc(N(C)CCOCC2CC2)sc1C=O.